The molecule has 0 unspecified atom stereocenters. The zero-order valence-corrected chi connectivity index (χ0v) is 13.6. The molecule has 7 heteroatoms. The Morgan fingerprint density at radius 2 is 1.14 bits per heavy atom. The highest BCUT2D eigenvalue weighted by atomic mass is 19.5. The molecule has 0 N–H and O–H groups in total. The number of rotatable bonds is 1. The van der Waals surface area contributed by atoms with Crippen molar-refractivity contribution in [1.29, 1.82) is 0 Å². The van der Waals surface area contributed by atoms with Crippen molar-refractivity contribution in [3.63, 3.8) is 0 Å². The minimum Gasteiger partial charge on any atom is -0.496 e. The van der Waals surface area contributed by atoms with Crippen LogP contribution < -0.4 is 4.74 Å². The quantitative estimate of drug-likeness (QED) is 0.390. The molecule has 0 aliphatic rings. The first-order valence-electron chi connectivity index (χ1n) is 6.55. The fraction of sp³-hybridized carbons (Fsp3) is 0.643. The van der Waals surface area contributed by atoms with Crippen molar-refractivity contribution < 1.29 is 26.4 Å². The third kappa shape index (κ3) is 8.58. The normalized spacial score (nSPS) is 12.5. The Hall–Kier alpha value is -1.27. The van der Waals surface area contributed by atoms with Gasteiger partial charge in [0.05, 0.1) is 30.1 Å². The molecule has 0 aliphatic heterocycles. The van der Waals surface area contributed by atoms with E-state index in [9.17, 15) is 17.3 Å². The first-order valence-corrected chi connectivity index (χ1v) is 6.55. The second-order valence-corrected chi connectivity index (χ2v) is 6.72. The molecule has 0 saturated carbocycles. The summed E-state index contributed by atoms with van der Waals surface area (Å²) in [6.45, 7) is 12.8. The zero-order valence-electron chi connectivity index (χ0n) is 13.6. The van der Waals surface area contributed by atoms with Crippen molar-refractivity contribution in [3.8, 4) is 5.75 Å². The molecule has 1 aromatic rings. The first kappa shape index (κ1) is 19.7. The molecule has 122 valence electrons. The largest absolute Gasteiger partial charge is 0.673 e. The highest BCUT2D eigenvalue weighted by Crippen LogP contribution is 2.32. The summed E-state index contributed by atoms with van der Waals surface area (Å²) in [7, 11) is -4.31. The van der Waals surface area contributed by atoms with Gasteiger partial charge in [-0.05, 0) is 41.5 Å². The Morgan fingerprint density at radius 3 is 1.33 bits per heavy atom. The topological polar surface area (TPSA) is 20.5 Å². The maximum Gasteiger partial charge on any atom is 0.673 e. The Balaban J connectivity index is 0.000000690. The molecule has 0 spiro atoms. The van der Waals surface area contributed by atoms with Gasteiger partial charge in [0.1, 0.15) is 5.75 Å². The number of ether oxygens (including phenoxy) is 1. The van der Waals surface area contributed by atoms with E-state index in [1.807, 2.05) is 12.1 Å². The molecule has 0 saturated heterocycles. The van der Waals surface area contributed by atoms with Gasteiger partial charge in [-0.15, -0.1) is 0 Å². The molecule has 21 heavy (non-hydrogen) atoms. The number of halogens is 4. The van der Waals surface area contributed by atoms with Gasteiger partial charge in [0.25, 0.3) is 0 Å². The smallest absolute Gasteiger partial charge is 0.496 e. The van der Waals surface area contributed by atoms with Crippen LogP contribution in [0.3, 0.4) is 0 Å². The number of methoxy groups -OCH3 is 1. The van der Waals surface area contributed by atoms with E-state index in [-0.39, 0.29) is 10.8 Å². The van der Waals surface area contributed by atoms with E-state index in [4.69, 9.17) is 9.15 Å². The lowest BCUT2D eigenvalue weighted by molar-refractivity contribution is 0.316. The van der Waals surface area contributed by atoms with E-state index >= 15 is 0 Å². The van der Waals surface area contributed by atoms with Crippen LogP contribution in [-0.4, -0.2) is 14.4 Å². The minimum atomic E-state index is -6.00. The van der Waals surface area contributed by atoms with Crippen molar-refractivity contribution >= 4 is 7.25 Å². The summed E-state index contributed by atoms with van der Waals surface area (Å²) in [6.07, 6.45) is 0. The van der Waals surface area contributed by atoms with Gasteiger partial charge in [-0.25, -0.2) is 4.42 Å². The molecule has 1 heterocycles. The van der Waals surface area contributed by atoms with Gasteiger partial charge >= 0.3 is 18.8 Å². The van der Waals surface area contributed by atoms with Crippen molar-refractivity contribution in [2.45, 2.75) is 52.4 Å². The summed E-state index contributed by atoms with van der Waals surface area (Å²) in [6, 6.07) is 3.94. The van der Waals surface area contributed by atoms with Crippen LogP contribution in [0.25, 0.3) is 0 Å². The average Bonchev–Trinajstić information content (AvgIpc) is 2.23. The molecule has 0 radical (unpaired) electrons. The number of hydrogen-bond acceptors (Lipinski definition) is 1. The van der Waals surface area contributed by atoms with Crippen molar-refractivity contribution in [2.24, 2.45) is 0 Å². The van der Waals surface area contributed by atoms with E-state index in [0.29, 0.717) is 0 Å². The van der Waals surface area contributed by atoms with Crippen molar-refractivity contribution in [1.82, 2.24) is 0 Å². The molecular formula is C14H23BF4O2. The molecule has 0 aromatic carbocycles. The lowest BCUT2D eigenvalue weighted by atomic mass is 9.90. The average molecular weight is 310 g/mol. The highest BCUT2D eigenvalue weighted by Gasteiger charge is 2.34. The standard InChI is InChI=1S/C14H23O2.BF4/c1-13(2,3)11-8-10(15-7)9-12(16-11)14(4,5)6;2-1(3,4)5/h8-9H,1-7H3;/q+1;-1. The minimum absolute atomic E-state index is 0.00542. The summed E-state index contributed by atoms with van der Waals surface area (Å²) in [5.41, 5.74) is -0.0108. The molecule has 2 nitrogen and oxygen atoms in total. The Kier molecular flexibility index (Phi) is 6.26. The predicted octanol–water partition coefficient (Wildman–Crippen LogP) is 5.46. The van der Waals surface area contributed by atoms with Crippen LogP contribution in [0.4, 0.5) is 17.3 Å². The Morgan fingerprint density at radius 1 is 0.857 bits per heavy atom. The van der Waals surface area contributed by atoms with Crippen LogP contribution in [0.5, 0.6) is 5.75 Å². The maximum absolute atomic E-state index is 9.75. The summed E-state index contributed by atoms with van der Waals surface area (Å²) in [4.78, 5) is 0. The molecule has 0 amide bonds. The van der Waals surface area contributed by atoms with Crippen LogP contribution in [0.2, 0.25) is 0 Å². The van der Waals surface area contributed by atoms with Gasteiger partial charge in [0.15, 0.2) is 0 Å². The van der Waals surface area contributed by atoms with Crippen molar-refractivity contribution in [2.75, 3.05) is 7.11 Å². The van der Waals surface area contributed by atoms with Crippen LogP contribution in [-0.2, 0) is 10.8 Å². The van der Waals surface area contributed by atoms with E-state index in [1.54, 1.807) is 7.11 Å². The molecular weight excluding hydrogens is 287 g/mol. The SMILES string of the molecule is COc1cc(C(C)(C)C)[o+]c(C(C)(C)C)c1.F[B-](F)(F)F. The van der Waals surface area contributed by atoms with Gasteiger partial charge in [0, 0.05) is 0 Å². The lowest BCUT2D eigenvalue weighted by Crippen LogP contribution is -2.16. The van der Waals surface area contributed by atoms with Gasteiger partial charge < -0.3 is 22.0 Å². The van der Waals surface area contributed by atoms with Crippen LogP contribution >= 0.6 is 0 Å². The van der Waals surface area contributed by atoms with Crippen LogP contribution in [0.15, 0.2) is 16.5 Å². The zero-order chi connectivity index (χ0) is 17.1. The number of hydrogen-bond donors (Lipinski definition) is 0. The Labute approximate surface area is 123 Å². The summed E-state index contributed by atoms with van der Waals surface area (Å²) < 4.78 is 50.3. The van der Waals surface area contributed by atoms with Crippen LogP contribution in [0, 0.1) is 0 Å². The summed E-state index contributed by atoms with van der Waals surface area (Å²) in [5.74, 6) is 2.77. The Bertz CT molecular complexity index is 421. The molecule has 1 rings (SSSR count). The van der Waals surface area contributed by atoms with E-state index in [0.717, 1.165) is 17.3 Å². The third-order valence-electron chi connectivity index (χ3n) is 2.48. The lowest BCUT2D eigenvalue weighted by Gasteiger charge is -2.14. The monoisotopic (exact) mass is 310 g/mol. The van der Waals surface area contributed by atoms with Gasteiger partial charge in [-0.1, -0.05) is 0 Å². The maximum atomic E-state index is 9.75. The second-order valence-electron chi connectivity index (χ2n) is 6.72. The predicted molar refractivity (Wildman–Crippen MR) is 77.3 cm³/mol. The summed E-state index contributed by atoms with van der Waals surface area (Å²) >= 11 is 0. The second kappa shape index (κ2) is 6.66. The molecule has 0 aliphatic carbocycles. The summed E-state index contributed by atoms with van der Waals surface area (Å²) in [5, 5.41) is 0. The van der Waals surface area contributed by atoms with Gasteiger partial charge in [-0.2, -0.15) is 0 Å². The van der Waals surface area contributed by atoms with E-state index < -0.39 is 7.25 Å². The fourth-order valence-corrected chi connectivity index (χ4v) is 1.33. The van der Waals surface area contributed by atoms with Gasteiger partial charge in [-0.3, -0.25) is 0 Å². The molecule has 1 aromatic heterocycles. The molecule has 0 bridgehead atoms. The van der Waals surface area contributed by atoms with E-state index in [1.165, 1.54) is 0 Å². The van der Waals surface area contributed by atoms with Crippen LogP contribution in [0.1, 0.15) is 53.1 Å². The fourth-order valence-electron chi connectivity index (χ4n) is 1.33. The third-order valence-corrected chi connectivity index (χ3v) is 2.48. The first-order chi connectivity index (χ1) is 9.14. The van der Waals surface area contributed by atoms with Crippen molar-refractivity contribution in [3.05, 3.63) is 23.7 Å². The highest BCUT2D eigenvalue weighted by molar-refractivity contribution is 6.50. The van der Waals surface area contributed by atoms with E-state index in [2.05, 4.69) is 41.5 Å². The van der Waals surface area contributed by atoms with Gasteiger partial charge in [0.2, 0.25) is 0 Å². The molecule has 0 fully saturated rings. The molecule has 0 atom stereocenters.